The van der Waals surface area contributed by atoms with Crippen LogP contribution in [-0.4, -0.2) is 46.9 Å². The van der Waals surface area contributed by atoms with Crippen molar-refractivity contribution in [1.29, 1.82) is 0 Å². The Bertz CT molecular complexity index is 408. The van der Waals surface area contributed by atoms with E-state index in [2.05, 4.69) is 5.32 Å². The van der Waals surface area contributed by atoms with E-state index in [9.17, 15) is 19.5 Å². The lowest BCUT2D eigenvalue weighted by Crippen LogP contribution is -2.47. The molecule has 1 saturated heterocycles. The Morgan fingerprint density at radius 3 is 2.48 bits per heavy atom. The molecule has 120 valence electrons. The summed E-state index contributed by atoms with van der Waals surface area (Å²) in [5.74, 6) is -1.62. The zero-order valence-electron chi connectivity index (χ0n) is 13.3. The van der Waals surface area contributed by atoms with Crippen molar-refractivity contribution in [1.82, 2.24) is 10.2 Å². The molecule has 0 aromatic carbocycles. The SMILES string of the molecule is CCC(C)[C@H](NC(=O)C1CC(=O)N(CC(C)C)C1)C(=O)O. The van der Waals surface area contributed by atoms with Gasteiger partial charge in [0.05, 0.1) is 5.92 Å². The Balaban J connectivity index is 2.63. The number of likely N-dealkylation sites (tertiary alicyclic amines) is 1. The lowest BCUT2D eigenvalue weighted by atomic mass is 9.98. The molecular formula is C15H26N2O4. The number of hydrogen-bond acceptors (Lipinski definition) is 3. The maximum atomic E-state index is 12.2. The molecule has 1 aliphatic rings. The number of carboxylic acids is 1. The van der Waals surface area contributed by atoms with Crippen LogP contribution in [0.5, 0.6) is 0 Å². The Morgan fingerprint density at radius 1 is 1.38 bits per heavy atom. The van der Waals surface area contributed by atoms with E-state index in [1.54, 1.807) is 11.8 Å². The zero-order chi connectivity index (χ0) is 16.2. The summed E-state index contributed by atoms with van der Waals surface area (Å²) in [7, 11) is 0. The van der Waals surface area contributed by atoms with Gasteiger partial charge in [-0.05, 0) is 11.8 Å². The van der Waals surface area contributed by atoms with E-state index >= 15 is 0 Å². The van der Waals surface area contributed by atoms with E-state index in [0.29, 0.717) is 25.4 Å². The van der Waals surface area contributed by atoms with Crippen LogP contribution in [0, 0.1) is 17.8 Å². The second-order valence-corrected chi connectivity index (χ2v) is 6.30. The van der Waals surface area contributed by atoms with Crippen molar-refractivity contribution in [2.24, 2.45) is 17.8 Å². The summed E-state index contributed by atoms with van der Waals surface area (Å²) in [5, 5.41) is 11.8. The number of carbonyl (C=O) groups is 3. The van der Waals surface area contributed by atoms with Crippen molar-refractivity contribution in [3.63, 3.8) is 0 Å². The Hall–Kier alpha value is -1.59. The minimum atomic E-state index is -1.03. The van der Waals surface area contributed by atoms with Crippen LogP contribution < -0.4 is 5.32 Å². The Morgan fingerprint density at radius 2 is 2.00 bits per heavy atom. The van der Waals surface area contributed by atoms with Crippen molar-refractivity contribution < 1.29 is 19.5 Å². The maximum Gasteiger partial charge on any atom is 0.326 e. The minimum absolute atomic E-state index is 0.0285. The molecule has 3 atom stereocenters. The fraction of sp³-hybridized carbons (Fsp3) is 0.800. The third kappa shape index (κ3) is 4.72. The summed E-state index contributed by atoms with van der Waals surface area (Å²) in [6.07, 6.45) is 0.839. The van der Waals surface area contributed by atoms with Gasteiger partial charge in [0.1, 0.15) is 6.04 Å². The highest BCUT2D eigenvalue weighted by atomic mass is 16.4. The largest absolute Gasteiger partial charge is 0.480 e. The summed E-state index contributed by atoms with van der Waals surface area (Å²) >= 11 is 0. The van der Waals surface area contributed by atoms with Crippen LogP contribution in [0.4, 0.5) is 0 Å². The quantitative estimate of drug-likeness (QED) is 0.737. The fourth-order valence-electron chi connectivity index (χ4n) is 2.52. The highest BCUT2D eigenvalue weighted by Crippen LogP contribution is 2.20. The van der Waals surface area contributed by atoms with Crippen molar-refractivity contribution in [3.8, 4) is 0 Å². The zero-order valence-corrected chi connectivity index (χ0v) is 13.3. The summed E-state index contributed by atoms with van der Waals surface area (Å²) in [4.78, 5) is 37.0. The fourth-order valence-corrected chi connectivity index (χ4v) is 2.52. The number of nitrogens with zero attached hydrogens (tertiary/aromatic N) is 1. The average Bonchev–Trinajstić information content (AvgIpc) is 2.75. The van der Waals surface area contributed by atoms with Crippen molar-refractivity contribution in [3.05, 3.63) is 0 Å². The topological polar surface area (TPSA) is 86.7 Å². The van der Waals surface area contributed by atoms with E-state index in [1.807, 2.05) is 20.8 Å². The number of aliphatic carboxylic acids is 1. The van der Waals surface area contributed by atoms with E-state index < -0.39 is 17.9 Å². The van der Waals surface area contributed by atoms with Gasteiger partial charge in [-0.25, -0.2) is 4.79 Å². The Labute approximate surface area is 125 Å². The molecule has 1 rings (SSSR count). The monoisotopic (exact) mass is 298 g/mol. The van der Waals surface area contributed by atoms with Crippen LogP contribution in [0.25, 0.3) is 0 Å². The van der Waals surface area contributed by atoms with Gasteiger partial charge in [0, 0.05) is 19.5 Å². The molecule has 0 aliphatic carbocycles. The van der Waals surface area contributed by atoms with E-state index in [1.165, 1.54) is 0 Å². The smallest absolute Gasteiger partial charge is 0.326 e. The number of amides is 2. The summed E-state index contributed by atoms with van der Waals surface area (Å²) in [6, 6.07) is -0.892. The molecule has 0 radical (unpaired) electrons. The number of carbonyl (C=O) groups excluding carboxylic acids is 2. The van der Waals surface area contributed by atoms with Crippen LogP contribution in [-0.2, 0) is 14.4 Å². The normalized spacial score (nSPS) is 21.5. The van der Waals surface area contributed by atoms with Gasteiger partial charge in [0.15, 0.2) is 0 Å². The van der Waals surface area contributed by atoms with Crippen LogP contribution in [0.2, 0.25) is 0 Å². The summed E-state index contributed by atoms with van der Waals surface area (Å²) in [5.41, 5.74) is 0. The highest BCUT2D eigenvalue weighted by molar-refractivity contribution is 5.91. The first-order chi connectivity index (χ1) is 9.76. The second kappa shape index (κ2) is 7.43. The van der Waals surface area contributed by atoms with Crippen LogP contribution >= 0.6 is 0 Å². The number of carboxylic acid groups (broad SMARTS) is 1. The predicted octanol–water partition coefficient (Wildman–Crippen LogP) is 1.11. The molecule has 0 saturated carbocycles. The molecule has 2 unspecified atom stereocenters. The van der Waals surface area contributed by atoms with Gasteiger partial charge >= 0.3 is 5.97 Å². The number of hydrogen-bond donors (Lipinski definition) is 2. The van der Waals surface area contributed by atoms with E-state index in [0.717, 1.165) is 0 Å². The standard InChI is InChI=1S/C15H26N2O4/c1-5-10(4)13(15(20)21)16-14(19)11-6-12(18)17(8-11)7-9(2)3/h9-11,13H,5-8H2,1-4H3,(H,16,19)(H,20,21)/t10?,11?,13-/m0/s1. The van der Waals surface area contributed by atoms with E-state index in [-0.39, 0.29) is 24.2 Å². The van der Waals surface area contributed by atoms with Gasteiger partial charge in [0.25, 0.3) is 0 Å². The molecule has 0 spiro atoms. The lowest BCUT2D eigenvalue weighted by Gasteiger charge is -2.22. The molecule has 2 amide bonds. The minimum Gasteiger partial charge on any atom is -0.480 e. The molecule has 6 nitrogen and oxygen atoms in total. The average molecular weight is 298 g/mol. The first kappa shape index (κ1) is 17.5. The first-order valence-corrected chi connectivity index (χ1v) is 7.57. The Kier molecular flexibility index (Phi) is 6.18. The predicted molar refractivity (Wildman–Crippen MR) is 78.5 cm³/mol. The van der Waals surface area contributed by atoms with Crippen LogP contribution in [0.1, 0.15) is 40.5 Å². The first-order valence-electron chi connectivity index (χ1n) is 7.57. The summed E-state index contributed by atoms with van der Waals surface area (Å²) < 4.78 is 0. The molecular weight excluding hydrogens is 272 g/mol. The van der Waals surface area contributed by atoms with Crippen molar-refractivity contribution >= 4 is 17.8 Å². The van der Waals surface area contributed by atoms with Gasteiger partial charge in [-0.3, -0.25) is 9.59 Å². The van der Waals surface area contributed by atoms with Gasteiger partial charge < -0.3 is 15.3 Å². The molecule has 6 heteroatoms. The molecule has 2 N–H and O–H groups in total. The third-order valence-electron chi connectivity index (χ3n) is 3.95. The molecule has 0 bridgehead atoms. The molecule has 0 aromatic heterocycles. The number of rotatable bonds is 7. The molecule has 1 fully saturated rings. The second-order valence-electron chi connectivity index (χ2n) is 6.30. The summed E-state index contributed by atoms with van der Waals surface area (Å²) in [6.45, 7) is 8.74. The third-order valence-corrected chi connectivity index (χ3v) is 3.95. The van der Waals surface area contributed by atoms with Gasteiger partial charge in [-0.2, -0.15) is 0 Å². The van der Waals surface area contributed by atoms with E-state index in [4.69, 9.17) is 0 Å². The lowest BCUT2D eigenvalue weighted by molar-refractivity contribution is -0.143. The van der Waals surface area contributed by atoms with Crippen molar-refractivity contribution in [2.75, 3.05) is 13.1 Å². The van der Waals surface area contributed by atoms with Crippen LogP contribution in [0.15, 0.2) is 0 Å². The van der Waals surface area contributed by atoms with Crippen molar-refractivity contribution in [2.45, 2.75) is 46.6 Å². The molecule has 0 aromatic rings. The maximum absolute atomic E-state index is 12.2. The van der Waals surface area contributed by atoms with Gasteiger partial charge in [-0.15, -0.1) is 0 Å². The van der Waals surface area contributed by atoms with Gasteiger partial charge in [0.2, 0.25) is 11.8 Å². The van der Waals surface area contributed by atoms with Crippen LogP contribution in [0.3, 0.4) is 0 Å². The molecule has 21 heavy (non-hydrogen) atoms. The molecule has 1 aliphatic heterocycles. The molecule has 1 heterocycles. The number of nitrogens with one attached hydrogen (secondary N) is 1. The highest BCUT2D eigenvalue weighted by Gasteiger charge is 2.36. The van der Waals surface area contributed by atoms with Gasteiger partial charge in [-0.1, -0.05) is 34.1 Å².